The molecular formula is C26H25BrN2O2S. The molecule has 1 unspecified atom stereocenters. The number of hydrogen-bond acceptors (Lipinski definition) is 3. The summed E-state index contributed by atoms with van der Waals surface area (Å²) in [6.07, 6.45) is 0.983. The van der Waals surface area contributed by atoms with E-state index < -0.39 is 10.8 Å². The summed E-state index contributed by atoms with van der Waals surface area (Å²) in [7, 11) is 0.581. The Morgan fingerprint density at radius 3 is 2.56 bits per heavy atom. The van der Waals surface area contributed by atoms with E-state index in [-0.39, 0.29) is 6.04 Å². The molecule has 1 aliphatic rings. The zero-order valence-corrected chi connectivity index (χ0v) is 20.3. The summed E-state index contributed by atoms with van der Waals surface area (Å²) in [4.78, 5) is 6.98. The molecule has 164 valence electrons. The van der Waals surface area contributed by atoms with Crippen molar-refractivity contribution in [2.24, 2.45) is 0 Å². The van der Waals surface area contributed by atoms with E-state index in [0.717, 1.165) is 40.1 Å². The van der Waals surface area contributed by atoms with Crippen LogP contribution in [0.3, 0.4) is 0 Å². The predicted octanol–water partition coefficient (Wildman–Crippen LogP) is 5.85. The molecule has 4 nitrogen and oxygen atoms in total. The molecule has 6 heteroatoms. The second-order valence-electron chi connectivity index (χ2n) is 8.11. The summed E-state index contributed by atoms with van der Waals surface area (Å²) in [5, 5.41) is 1.28. The highest BCUT2D eigenvalue weighted by molar-refractivity contribution is 9.10. The minimum atomic E-state index is -1.10. The van der Waals surface area contributed by atoms with Gasteiger partial charge in [-0.25, -0.2) is 0 Å². The van der Waals surface area contributed by atoms with Crippen molar-refractivity contribution in [3.8, 4) is 5.75 Å². The number of benzene rings is 3. The van der Waals surface area contributed by atoms with E-state index in [1.54, 1.807) is 7.11 Å². The number of fused-ring (bicyclic) bond motifs is 3. The average Bonchev–Trinajstić information content (AvgIpc) is 3.20. The number of aromatic nitrogens is 1. The van der Waals surface area contributed by atoms with Gasteiger partial charge in [0, 0.05) is 44.8 Å². The lowest BCUT2D eigenvalue weighted by Gasteiger charge is -2.35. The third-order valence-electron chi connectivity index (χ3n) is 6.20. The maximum absolute atomic E-state index is 13.4. The van der Waals surface area contributed by atoms with Crippen LogP contribution < -0.4 is 4.74 Å². The van der Waals surface area contributed by atoms with Gasteiger partial charge in [-0.1, -0.05) is 46.3 Å². The number of para-hydroxylation sites is 1. The molecule has 32 heavy (non-hydrogen) atoms. The molecule has 4 aromatic rings. The van der Waals surface area contributed by atoms with Crippen LogP contribution in [0.1, 0.15) is 22.9 Å². The highest BCUT2D eigenvalue weighted by atomic mass is 79.9. The van der Waals surface area contributed by atoms with Gasteiger partial charge in [-0.15, -0.1) is 0 Å². The molecule has 0 amide bonds. The standard InChI is InChI=1S/C26H25BrN2O2S/c1-31-20-10-6-18(7-11-20)16-29-15-14-23-22-4-2-3-5-24(22)28-26(23)25(29)17-32(30)21-12-8-19(27)9-13-21/h2-13,25,28H,14-17H2,1H3/t25-,32?/m0/s1. The van der Waals surface area contributed by atoms with Gasteiger partial charge in [0.2, 0.25) is 0 Å². The van der Waals surface area contributed by atoms with Gasteiger partial charge >= 0.3 is 0 Å². The summed E-state index contributed by atoms with van der Waals surface area (Å²) in [6, 6.07) is 24.6. The van der Waals surface area contributed by atoms with Crippen molar-refractivity contribution in [2.75, 3.05) is 19.4 Å². The van der Waals surface area contributed by atoms with Crippen molar-refractivity contribution in [3.63, 3.8) is 0 Å². The highest BCUT2D eigenvalue weighted by Gasteiger charge is 2.32. The van der Waals surface area contributed by atoms with Crippen LogP contribution in [0.5, 0.6) is 5.75 Å². The smallest absolute Gasteiger partial charge is 0.118 e. The van der Waals surface area contributed by atoms with Crippen LogP contribution >= 0.6 is 15.9 Å². The van der Waals surface area contributed by atoms with E-state index in [2.05, 4.69) is 62.2 Å². The Morgan fingerprint density at radius 1 is 1.06 bits per heavy atom. The molecule has 0 saturated carbocycles. The number of halogens is 1. The molecule has 1 aromatic heterocycles. The Kier molecular flexibility index (Phi) is 6.17. The second kappa shape index (κ2) is 9.22. The zero-order chi connectivity index (χ0) is 22.1. The molecule has 5 rings (SSSR count). The fraction of sp³-hybridized carbons (Fsp3) is 0.231. The molecule has 0 aliphatic carbocycles. The number of methoxy groups -OCH3 is 1. The van der Waals surface area contributed by atoms with Gasteiger partial charge in [-0.3, -0.25) is 9.11 Å². The molecular weight excluding hydrogens is 484 g/mol. The first-order valence-corrected chi connectivity index (χ1v) is 12.8. The molecule has 3 aromatic carbocycles. The predicted molar refractivity (Wildman–Crippen MR) is 134 cm³/mol. The van der Waals surface area contributed by atoms with Crippen LogP contribution in [0.25, 0.3) is 10.9 Å². The van der Waals surface area contributed by atoms with Crippen molar-refractivity contribution < 1.29 is 8.95 Å². The molecule has 0 bridgehead atoms. The van der Waals surface area contributed by atoms with Crippen LogP contribution in [0.2, 0.25) is 0 Å². The van der Waals surface area contributed by atoms with Crippen molar-refractivity contribution in [1.29, 1.82) is 0 Å². The number of aromatic amines is 1. The first kappa shape index (κ1) is 21.4. The van der Waals surface area contributed by atoms with Gasteiger partial charge in [0.25, 0.3) is 0 Å². The Bertz CT molecular complexity index is 1250. The Balaban J connectivity index is 1.48. The number of H-pyrrole nitrogens is 1. The van der Waals surface area contributed by atoms with Crippen LogP contribution in [-0.4, -0.2) is 33.5 Å². The summed E-state index contributed by atoms with van der Waals surface area (Å²) >= 11 is 3.47. The van der Waals surface area contributed by atoms with Crippen LogP contribution in [0.4, 0.5) is 0 Å². The van der Waals surface area contributed by atoms with Gasteiger partial charge in [-0.2, -0.15) is 0 Å². The van der Waals surface area contributed by atoms with Gasteiger partial charge in [-0.05, 0) is 60.0 Å². The lowest BCUT2D eigenvalue weighted by molar-refractivity contribution is 0.189. The van der Waals surface area contributed by atoms with E-state index >= 15 is 0 Å². The Morgan fingerprint density at radius 2 is 1.81 bits per heavy atom. The normalized spacial score (nSPS) is 17.2. The van der Waals surface area contributed by atoms with E-state index in [1.165, 1.54) is 22.2 Å². The quantitative estimate of drug-likeness (QED) is 0.355. The Hall–Kier alpha value is -2.41. The van der Waals surface area contributed by atoms with Crippen LogP contribution in [0.15, 0.2) is 82.2 Å². The molecule has 1 N–H and O–H groups in total. The molecule has 0 saturated heterocycles. The topological polar surface area (TPSA) is 45.3 Å². The molecule has 0 radical (unpaired) electrons. The summed E-state index contributed by atoms with van der Waals surface area (Å²) < 4.78 is 19.7. The third kappa shape index (κ3) is 4.27. The van der Waals surface area contributed by atoms with Crippen molar-refractivity contribution in [3.05, 3.63) is 94.1 Å². The van der Waals surface area contributed by atoms with E-state index in [0.29, 0.717) is 5.75 Å². The summed E-state index contributed by atoms with van der Waals surface area (Å²) in [5.74, 6) is 1.41. The number of nitrogens with zero attached hydrogens (tertiary/aromatic N) is 1. The first-order valence-electron chi connectivity index (χ1n) is 10.7. The van der Waals surface area contributed by atoms with Gasteiger partial charge in [0.05, 0.1) is 24.0 Å². The maximum atomic E-state index is 13.4. The Labute approximate surface area is 199 Å². The van der Waals surface area contributed by atoms with Crippen molar-refractivity contribution >= 4 is 37.6 Å². The van der Waals surface area contributed by atoms with Gasteiger partial charge in [0.1, 0.15) is 5.75 Å². The van der Waals surface area contributed by atoms with Crippen molar-refractivity contribution in [1.82, 2.24) is 9.88 Å². The fourth-order valence-corrected chi connectivity index (χ4v) is 6.10. The first-order chi connectivity index (χ1) is 15.6. The number of hydrogen-bond donors (Lipinski definition) is 1. The van der Waals surface area contributed by atoms with E-state index in [4.69, 9.17) is 4.74 Å². The molecule has 0 fully saturated rings. The maximum Gasteiger partial charge on any atom is 0.118 e. The highest BCUT2D eigenvalue weighted by Crippen LogP contribution is 2.36. The fourth-order valence-electron chi connectivity index (χ4n) is 4.54. The minimum Gasteiger partial charge on any atom is -0.497 e. The number of ether oxygens (including phenoxy) is 1. The van der Waals surface area contributed by atoms with E-state index in [9.17, 15) is 4.21 Å². The molecule has 1 aliphatic heterocycles. The van der Waals surface area contributed by atoms with Gasteiger partial charge in [0.15, 0.2) is 0 Å². The van der Waals surface area contributed by atoms with Crippen molar-refractivity contribution in [2.45, 2.75) is 23.9 Å². The SMILES string of the molecule is COc1ccc(CN2CCc3c([nH]c4ccccc34)[C@@H]2CS(=O)c2ccc(Br)cc2)cc1. The molecule has 0 spiro atoms. The number of nitrogens with one attached hydrogen (secondary N) is 1. The van der Waals surface area contributed by atoms with Gasteiger partial charge < -0.3 is 9.72 Å². The monoisotopic (exact) mass is 508 g/mol. The number of rotatable bonds is 6. The lowest BCUT2D eigenvalue weighted by atomic mass is 9.97. The molecule has 2 atom stereocenters. The largest absolute Gasteiger partial charge is 0.497 e. The lowest BCUT2D eigenvalue weighted by Crippen LogP contribution is -2.37. The average molecular weight is 509 g/mol. The van der Waals surface area contributed by atoms with E-state index in [1.807, 2.05) is 36.4 Å². The van der Waals surface area contributed by atoms with Crippen LogP contribution in [-0.2, 0) is 23.8 Å². The summed E-state index contributed by atoms with van der Waals surface area (Å²) in [6.45, 7) is 1.74. The summed E-state index contributed by atoms with van der Waals surface area (Å²) in [5.41, 5.74) is 4.95. The second-order valence-corrected chi connectivity index (χ2v) is 10.5. The minimum absolute atomic E-state index is 0.0535. The molecule has 2 heterocycles. The third-order valence-corrected chi connectivity index (χ3v) is 8.15. The zero-order valence-electron chi connectivity index (χ0n) is 17.9. The van der Waals surface area contributed by atoms with Crippen LogP contribution in [0, 0.1) is 0 Å².